The summed E-state index contributed by atoms with van der Waals surface area (Å²) in [6, 6.07) is 4.60. The van der Waals surface area contributed by atoms with Crippen LogP contribution in [0.1, 0.15) is 98.6 Å². The van der Waals surface area contributed by atoms with Crippen molar-refractivity contribution in [1.29, 1.82) is 0 Å². The zero-order valence-electron chi connectivity index (χ0n) is 34.0. The molecule has 304 valence electrons. The second kappa shape index (κ2) is 18.0. The third-order valence-corrected chi connectivity index (χ3v) is 11.6. The molecule has 0 aromatic heterocycles. The van der Waals surface area contributed by atoms with Crippen molar-refractivity contribution in [2.45, 2.75) is 111 Å². The molecule has 6 atom stereocenters. The van der Waals surface area contributed by atoms with Gasteiger partial charge in [0.25, 0.3) is 5.91 Å². The molecular weight excluding hydrogens is 704 g/mol. The largest absolute Gasteiger partial charge is 0.449 e. The van der Waals surface area contributed by atoms with Crippen molar-refractivity contribution in [2.75, 3.05) is 33.8 Å². The summed E-state index contributed by atoms with van der Waals surface area (Å²) < 4.78 is 5.43. The number of piperidine rings is 1. The van der Waals surface area contributed by atoms with E-state index in [9.17, 15) is 33.6 Å². The molecule has 2 saturated carbocycles. The van der Waals surface area contributed by atoms with Gasteiger partial charge in [0, 0.05) is 20.6 Å². The Morgan fingerprint density at radius 1 is 0.873 bits per heavy atom. The molecule has 0 radical (unpaired) electrons. The van der Waals surface area contributed by atoms with E-state index in [0.29, 0.717) is 12.1 Å². The first-order valence-electron chi connectivity index (χ1n) is 19.7. The standard InChI is InChI=1S/C41H62N6O8/c1-24(2)20-28(33(49)36(51)42-21-29(48)44-31(37(52)46(8)9)26-16-12-10-13-17-26)43-35(50)32-30-27(40(30,5)6)22-47(32)38(53)34(41(7)18-14-11-15-19-41)45-39(54)55-23-25(3)4/h10,12-13,16-17,24-25,27-28,30-32,34H,11,14-15,18-23H2,1-9H3,(H,42,51)(H,43,50)(H,44,48)(H,45,54). The minimum absolute atomic E-state index is 0.0417. The number of likely N-dealkylation sites (N-methyl/N-ethyl adjacent to an activating group) is 1. The van der Waals surface area contributed by atoms with E-state index < -0.39 is 65.7 Å². The fourth-order valence-electron chi connectivity index (χ4n) is 8.33. The third kappa shape index (κ3) is 10.4. The number of fused-ring (bicyclic) bond motifs is 1. The molecule has 1 heterocycles. The van der Waals surface area contributed by atoms with Crippen molar-refractivity contribution in [1.82, 2.24) is 31.1 Å². The van der Waals surface area contributed by atoms with Crippen molar-refractivity contribution < 1.29 is 38.3 Å². The summed E-state index contributed by atoms with van der Waals surface area (Å²) in [4.78, 5) is 97.5. The zero-order valence-corrected chi connectivity index (χ0v) is 34.0. The first-order valence-corrected chi connectivity index (χ1v) is 19.7. The number of hydrogen-bond acceptors (Lipinski definition) is 8. The lowest BCUT2D eigenvalue weighted by Gasteiger charge is -2.43. The van der Waals surface area contributed by atoms with E-state index in [1.165, 1.54) is 4.90 Å². The van der Waals surface area contributed by atoms with E-state index in [1.54, 1.807) is 49.3 Å². The Morgan fingerprint density at radius 2 is 1.51 bits per heavy atom. The fraction of sp³-hybridized carbons (Fsp3) is 0.683. The Hall–Kier alpha value is -4.49. The average Bonchev–Trinajstić information content (AvgIpc) is 3.43. The van der Waals surface area contributed by atoms with E-state index in [2.05, 4.69) is 35.1 Å². The van der Waals surface area contributed by atoms with E-state index in [1.807, 2.05) is 34.6 Å². The number of nitrogens with zero attached hydrogens (tertiary/aromatic N) is 2. The van der Waals surface area contributed by atoms with Gasteiger partial charge < -0.3 is 35.8 Å². The summed E-state index contributed by atoms with van der Waals surface area (Å²) in [5.41, 5.74) is -0.226. The Morgan fingerprint density at radius 3 is 2.09 bits per heavy atom. The first kappa shape index (κ1) is 43.2. The molecule has 14 heteroatoms. The second-order valence-corrected chi connectivity index (χ2v) is 17.6. The molecule has 1 aliphatic heterocycles. The van der Waals surface area contributed by atoms with E-state index in [4.69, 9.17) is 4.74 Å². The Balaban J connectivity index is 1.49. The van der Waals surface area contributed by atoms with Crippen LogP contribution in [0.15, 0.2) is 30.3 Å². The third-order valence-electron chi connectivity index (χ3n) is 11.6. The monoisotopic (exact) mass is 766 g/mol. The van der Waals surface area contributed by atoms with Gasteiger partial charge >= 0.3 is 6.09 Å². The van der Waals surface area contributed by atoms with Gasteiger partial charge in [-0.15, -0.1) is 0 Å². The van der Waals surface area contributed by atoms with Gasteiger partial charge in [-0.1, -0.05) is 98.1 Å². The average molecular weight is 767 g/mol. The van der Waals surface area contributed by atoms with Crippen LogP contribution in [0.25, 0.3) is 0 Å². The smallest absolute Gasteiger partial charge is 0.407 e. The molecule has 1 saturated heterocycles. The molecule has 55 heavy (non-hydrogen) atoms. The maximum atomic E-state index is 14.6. The van der Waals surface area contributed by atoms with Gasteiger partial charge in [0.2, 0.25) is 29.4 Å². The molecule has 0 spiro atoms. The number of ether oxygens (including phenoxy) is 1. The summed E-state index contributed by atoms with van der Waals surface area (Å²) in [5, 5.41) is 10.7. The minimum atomic E-state index is -1.23. The summed E-state index contributed by atoms with van der Waals surface area (Å²) in [7, 11) is 3.13. The van der Waals surface area contributed by atoms with Gasteiger partial charge in [-0.05, 0) is 59.3 Å². The lowest BCUT2D eigenvalue weighted by Crippen LogP contribution is -2.61. The van der Waals surface area contributed by atoms with Crippen molar-refractivity contribution in [3.05, 3.63) is 35.9 Å². The predicted molar refractivity (Wildman–Crippen MR) is 206 cm³/mol. The van der Waals surface area contributed by atoms with Crippen LogP contribution >= 0.6 is 0 Å². The van der Waals surface area contributed by atoms with Crippen molar-refractivity contribution in [3.8, 4) is 0 Å². The van der Waals surface area contributed by atoms with Crippen LogP contribution in [0.3, 0.4) is 0 Å². The molecule has 3 fully saturated rings. The highest BCUT2D eigenvalue weighted by atomic mass is 16.5. The number of amides is 6. The number of benzene rings is 1. The highest BCUT2D eigenvalue weighted by Crippen LogP contribution is 2.65. The van der Waals surface area contributed by atoms with E-state index >= 15 is 0 Å². The number of rotatable bonds is 16. The highest BCUT2D eigenvalue weighted by Gasteiger charge is 2.70. The molecule has 3 aliphatic rings. The second-order valence-electron chi connectivity index (χ2n) is 17.6. The Kier molecular flexibility index (Phi) is 14.1. The first-order chi connectivity index (χ1) is 25.8. The molecule has 14 nitrogen and oxygen atoms in total. The maximum Gasteiger partial charge on any atom is 0.407 e. The van der Waals surface area contributed by atoms with Crippen LogP contribution in [0.4, 0.5) is 4.79 Å². The quantitative estimate of drug-likeness (QED) is 0.185. The summed E-state index contributed by atoms with van der Waals surface area (Å²) in [6.07, 6.45) is 3.79. The molecule has 1 aromatic rings. The van der Waals surface area contributed by atoms with Gasteiger partial charge in [-0.3, -0.25) is 28.8 Å². The number of hydrogen-bond donors (Lipinski definition) is 4. The van der Waals surface area contributed by atoms with Crippen LogP contribution < -0.4 is 21.3 Å². The van der Waals surface area contributed by atoms with Crippen LogP contribution in [-0.4, -0.2) is 103 Å². The van der Waals surface area contributed by atoms with Crippen LogP contribution in [0.5, 0.6) is 0 Å². The van der Waals surface area contributed by atoms with Gasteiger partial charge in [0.1, 0.15) is 18.1 Å². The summed E-state index contributed by atoms with van der Waals surface area (Å²) >= 11 is 0. The number of likely N-dealkylation sites (tertiary alicyclic amines) is 1. The lowest BCUT2D eigenvalue weighted by molar-refractivity contribution is -0.146. The Labute approximate surface area is 325 Å². The van der Waals surface area contributed by atoms with Gasteiger partial charge in [0.15, 0.2) is 0 Å². The Bertz CT molecular complexity index is 1590. The van der Waals surface area contributed by atoms with Crippen LogP contribution in [-0.2, 0) is 33.5 Å². The molecular formula is C41H62N6O8. The van der Waals surface area contributed by atoms with Crippen LogP contribution in [0.2, 0.25) is 0 Å². The minimum Gasteiger partial charge on any atom is -0.449 e. The van der Waals surface area contributed by atoms with Crippen molar-refractivity contribution in [3.63, 3.8) is 0 Å². The molecule has 6 amide bonds. The number of Topliss-reactive ketones (excluding diaryl/α,β-unsaturated/α-hetero) is 1. The number of carbonyl (C=O) groups is 7. The summed E-state index contributed by atoms with van der Waals surface area (Å²) in [5.74, 6) is -4.07. The fourth-order valence-corrected chi connectivity index (χ4v) is 8.33. The molecule has 0 bridgehead atoms. The number of alkyl carbamates (subject to hydrolysis) is 1. The molecule has 4 rings (SSSR count). The SMILES string of the molecule is CC(C)COC(=O)NC(C(=O)N1CC2C(C1C(=O)NC(CC(C)C)C(=O)C(=O)NCC(=O)NC(C(=O)N(C)C)c1ccccc1)C2(C)C)C1(C)CCCCC1. The normalized spacial score (nSPS) is 22.4. The van der Waals surface area contributed by atoms with Gasteiger partial charge in [0.05, 0.1) is 19.2 Å². The number of nitrogens with one attached hydrogen (secondary N) is 4. The lowest BCUT2D eigenvalue weighted by atomic mass is 9.70. The highest BCUT2D eigenvalue weighted by molar-refractivity contribution is 6.38. The summed E-state index contributed by atoms with van der Waals surface area (Å²) in [6.45, 7) is 13.6. The van der Waals surface area contributed by atoms with Gasteiger partial charge in [-0.2, -0.15) is 0 Å². The zero-order chi connectivity index (χ0) is 40.8. The van der Waals surface area contributed by atoms with Crippen LogP contribution in [0, 0.1) is 34.5 Å². The predicted octanol–water partition coefficient (Wildman–Crippen LogP) is 3.35. The topological polar surface area (TPSA) is 183 Å². The molecule has 4 N–H and O–H groups in total. The maximum absolute atomic E-state index is 14.6. The van der Waals surface area contributed by atoms with Crippen molar-refractivity contribution >= 4 is 41.4 Å². The van der Waals surface area contributed by atoms with E-state index in [-0.39, 0.29) is 53.9 Å². The van der Waals surface area contributed by atoms with Crippen molar-refractivity contribution in [2.24, 2.45) is 34.5 Å². The van der Waals surface area contributed by atoms with Gasteiger partial charge in [-0.25, -0.2) is 4.79 Å². The number of ketones is 1. The molecule has 6 unspecified atom stereocenters. The molecule has 1 aromatic carbocycles. The number of carbonyl (C=O) groups excluding carboxylic acids is 7. The van der Waals surface area contributed by atoms with E-state index in [0.717, 1.165) is 32.1 Å². The molecule has 2 aliphatic carbocycles.